The van der Waals surface area contributed by atoms with Crippen molar-refractivity contribution in [2.24, 2.45) is 5.92 Å². The highest BCUT2D eigenvalue weighted by Gasteiger charge is 2.31. The Balaban J connectivity index is 1.90. The second kappa shape index (κ2) is 6.29. The van der Waals surface area contributed by atoms with E-state index in [1.807, 2.05) is 6.92 Å². The molecule has 0 radical (unpaired) electrons. The molecular formula is C12H19N3O3S. The molecule has 1 unspecified atom stereocenters. The fourth-order valence-corrected chi connectivity index (χ4v) is 3.04. The lowest BCUT2D eigenvalue weighted by molar-refractivity contribution is -0.153. The third kappa shape index (κ3) is 3.22. The number of piperidine rings is 1. The van der Waals surface area contributed by atoms with Crippen LogP contribution in [0.5, 0.6) is 0 Å². The van der Waals surface area contributed by atoms with Crippen molar-refractivity contribution in [1.29, 1.82) is 0 Å². The second-order valence-corrected chi connectivity index (χ2v) is 5.37. The molecule has 19 heavy (non-hydrogen) atoms. The van der Waals surface area contributed by atoms with Crippen LogP contribution in [0, 0.1) is 5.92 Å². The fraction of sp³-hybridized carbons (Fsp3) is 0.750. The average Bonchev–Trinajstić information content (AvgIpc) is 2.94. The van der Waals surface area contributed by atoms with E-state index >= 15 is 0 Å². The van der Waals surface area contributed by atoms with Crippen molar-refractivity contribution in [3.05, 3.63) is 5.82 Å². The minimum Gasteiger partial charge on any atom is -0.467 e. The Hall–Kier alpha value is -1.21. The first-order valence-electron chi connectivity index (χ1n) is 6.49. The lowest BCUT2D eigenvalue weighted by Crippen LogP contribution is -2.40. The Bertz CT molecular complexity index is 430. The molecular weight excluding hydrogens is 266 g/mol. The quantitative estimate of drug-likeness (QED) is 0.827. The molecule has 1 aromatic rings. The Labute approximate surface area is 116 Å². The number of carbonyl (C=O) groups excluding carboxylic acids is 1. The van der Waals surface area contributed by atoms with Gasteiger partial charge in [-0.05, 0) is 18.8 Å². The number of nitrogens with zero attached hydrogens (tertiary/aromatic N) is 3. The normalized spacial score (nSPS) is 18.4. The molecule has 2 heterocycles. The first-order chi connectivity index (χ1) is 9.15. The summed E-state index contributed by atoms with van der Waals surface area (Å²) >= 11 is 1.41. The van der Waals surface area contributed by atoms with Gasteiger partial charge in [0.15, 0.2) is 6.10 Å². The number of esters is 1. The summed E-state index contributed by atoms with van der Waals surface area (Å²) < 4.78 is 8.84. The van der Waals surface area contributed by atoms with Crippen LogP contribution in [-0.2, 0) is 16.0 Å². The molecule has 1 atom stereocenters. The lowest BCUT2D eigenvalue weighted by atomic mass is 9.91. The summed E-state index contributed by atoms with van der Waals surface area (Å²) in [7, 11) is 1.30. The number of anilines is 1. The number of carbonyl (C=O) groups is 1. The molecule has 0 saturated carbocycles. The molecule has 2 rings (SSSR count). The molecule has 0 aliphatic carbocycles. The van der Waals surface area contributed by atoms with Crippen molar-refractivity contribution < 1.29 is 14.6 Å². The van der Waals surface area contributed by atoms with Crippen LogP contribution >= 0.6 is 11.5 Å². The van der Waals surface area contributed by atoms with E-state index in [1.54, 1.807) is 0 Å². The van der Waals surface area contributed by atoms with Gasteiger partial charge in [0, 0.05) is 31.0 Å². The highest BCUT2D eigenvalue weighted by atomic mass is 32.1. The summed E-state index contributed by atoms with van der Waals surface area (Å²) in [4.78, 5) is 17.9. The van der Waals surface area contributed by atoms with E-state index in [9.17, 15) is 9.90 Å². The molecule has 1 N–H and O–H groups in total. The van der Waals surface area contributed by atoms with Crippen LogP contribution in [0.2, 0.25) is 0 Å². The maximum Gasteiger partial charge on any atom is 0.334 e. The van der Waals surface area contributed by atoms with Gasteiger partial charge in [-0.3, -0.25) is 0 Å². The minimum absolute atomic E-state index is 0.0257. The zero-order chi connectivity index (χ0) is 13.8. The van der Waals surface area contributed by atoms with E-state index in [-0.39, 0.29) is 5.92 Å². The molecule has 1 aliphatic rings. The molecule has 0 aromatic carbocycles. The maximum atomic E-state index is 11.3. The molecule has 7 heteroatoms. The van der Waals surface area contributed by atoms with E-state index in [0.29, 0.717) is 0 Å². The first kappa shape index (κ1) is 14.2. The predicted octanol–water partition coefficient (Wildman–Crippen LogP) is 0.851. The third-order valence-electron chi connectivity index (χ3n) is 3.47. The Morgan fingerprint density at radius 2 is 2.26 bits per heavy atom. The number of rotatable bonds is 4. The van der Waals surface area contributed by atoms with Gasteiger partial charge in [-0.15, -0.1) is 0 Å². The van der Waals surface area contributed by atoms with Gasteiger partial charge in [-0.1, -0.05) is 6.92 Å². The monoisotopic (exact) mass is 285 g/mol. The van der Waals surface area contributed by atoms with Crippen LogP contribution in [0.1, 0.15) is 25.6 Å². The summed E-state index contributed by atoms with van der Waals surface area (Å²) in [6, 6.07) is 0. The summed E-state index contributed by atoms with van der Waals surface area (Å²) in [6.45, 7) is 3.61. The van der Waals surface area contributed by atoms with E-state index in [4.69, 9.17) is 0 Å². The average molecular weight is 285 g/mol. The summed E-state index contributed by atoms with van der Waals surface area (Å²) in [5.74, 6) is 0.307. The molecule has 0 bridgehead atoms. The van der Waals surface area contributed by atoms with Gasteiger partial charge in [0.25, 0.3) is 0 Å². The van der Waals surface area contributed by atoms with Crippen molar-refractivity contribution in [2.45, 2.75) is 32.3 Å². The number of hydrogen-bond acceptors (Lipinski definition) is 7. The number of aliphatic hydroxyl groups is 1. The van der Waals surface area contributed by atoms with E-state index in [1.165, 1.54) is 18.6 Å². The predicted molar refractivity (Wildman–Crippen MR) is 72.2 cm³/mol. The SMILES string of the molecule is CCc1nsc(N2CCC(C(O)C(=O)OC)CC2)n1. The number of aliphatic hydroxyl groups excluding tert-OH is 1. The number of ether oxygens (including phenoxy) is 1. The van der Waals surface area contributed by atoms with Gasteiger partial charge in [-0.2, -0.15) is 4.37 Å². The smallest absolute Gasteiger partial charge is 0.334 e. The minimum atomic E-state index is -1.01. The molecule has 1 saturated heterocycles. The number of methoxy groups -OCH3 is 1. The van der Waals surface area contributed by atoms with E-state index < -0.39 is 12.1 Å². The largest absolute Gasteiger partial charge is 0.467 e. The van der Waals surface area contributed by atoms with E-state index in [0.717, 1.165) is 43.3 Å². The molecule has 1 aromatic heterocycles. The Morgan fingerprint density at radius 1 is 1.58 bits per heavy atom. The fourth-order valence-electron chi connectivity index (χ4n) is 2.24. The standard InChI is InChI=1S/C12H19N3O3S/c1-3-9-13-12(19-14-9)15-6-4-8(5-7-15)10(16)11(17)18-2/h8,10,16H,3-7H2,1-2H3. The highest BCUT2D eigenvalue weighted by Crippen LogP contribution is 2.26. The molecule has 6 nitrogen and oxygen atoms in total. The van der Waals surface area contributed by atoms with Crippen molar-refractivity contribution in [3.63, 3.8) is 0 Å². The molecule has 0 spiro atoms. The zero-order valence-corrected chi connectivity index (χ0v) is 12.0. The van der Waals surface area contributed by atoms with Gasteiger partial charge in [0.05, 0.1) is 7.11 Å². The summed E-state index contributed by atoms with van der Waals surface area (Å²) in [5, 5.41) is 10.8. The van der Waals surface area contributed by atoms with Gasteiger partial charge in [0.1, 0.15) is 5.82 Å². The molecule has 106 valence electrons. The summed E-state index contributed by atoms with van der Waals surface area (Å²) in [5.41, 5.74) is 0. The van der Waals surface area contributed by atoms with Crippen LogP contribution in [0.15, 0.2) is 0 Å². The van der Waals surface area contributed by atoms with Crippen molar-refractivity contribution in [1.82, 2.24) is 9.36 Å². The molecule has 0 amide bonds. The Morgan fingerprint density at radius 3 is 2.79 bits per heavy atom. The van der Waals surface area contributed by atoms with Gasteiger partial charge in [-0.25, -0.2) is 9.78 Å². The number of aromatic nitrogens is 2. The van der Waals surface area contributed by atoms with Gasteiger partial charge < -0.3 is 14.7 Å². The number of aryl methyl sites for hydroxylation is 1. The third-order valence-corrected chi connectivity index (χ3v) is 4.29. The van der Waals surface area contributed by atoms with Crippen LogP contribution in [-0.4, -0.2) is 46.7 Å². The molecule has 1 fully saturated rings. The van der Waals surface area contributed by atoms with Crippen LogP contribution in [0.4, 0.5) is 5.13 Å². The van der Waals surface area contributed by atoms with Crippen molar-refractivity contribution in [3.8, 4) is 0 Å². The topological polar surface area (TPSA) is 75.5 Å². The number of hydrogen-bond donors (Lipinski definition) is 1. The Kier molecular flexibility index (Phi) is 4.71. The van der Waals surface area contributed by atoms with E-state index in [2.05, 4.69) is 19.0 Å². The zero-order valence-electron chi connectivity index (χ0n) is 11.2. The van der Waals surface area contributed by atoms with Crippen molar-refractivity contribution >= 4 is 22.6 Å². The van der Waals surface area contributed by atoms with Crippen molar-refractivity contribution in [2.75, 3.05) is 25.1 Å². The lowest BCUT2D eigenvalue weighted by Gasteiger charge is -2.32. The van der Waals surface area contributed by atoms with Gasteiger partial charge >= 0.3 is 5.97 Å². The van der Waals surface area contributed by atoms with Crippen LogP contribution in [0.25, 0.3) is 0 Å². The van der Waals surface area contributed by atoms with Crippen LogP contribution < -0.4 is 4.90 Å². The summed E-state index contributed by atoms with van der Waals surface area (Å²) in [6.07, 6.45) is 1.36. The second-order valence-electron chi connectivity index (χ2n) is 4.64. The maximum absolute atomic E-state index is 11.3. The molecule has 1 aliphatic heterocycles. The highest BCUT2D eigenvalue weighted by molar-refractivity contribution is 7.09. The van der Waals surface area contributed by atoms with Crippen LogP contribution in [0.3, 0.4) is 0 Å². The van der Waals surface area contributed by atoms with Gasteiger partial charge in [0.2, 0.25) is 5.13 Å². The first-order valence-corrected chi connectivity index (χ1v) is 7.26.